The van der Waals surface area contributed by atoms with Gasteiger partial charge >= 0.3 is 11.8 Å². The Kier molecular flexibility index (Phi) is 4.73. The van der Waals surface area contributed by atoms with Crippen LogP contribution in [-0.2, 0) is 9.59 Å². The normalized spacial score (nSPS) is 15.4. The Morgan fingerprint density at radius 1 is 1.17 bits per heavy atom. The number of rotatable bonds is 2. The van der Waals surface area contributed by atoms with Crippen molar-refractivity contribution in [1.29, 1.82) is 0 Å². The summed E-state index contributed by atoms with van der Waals surface area (Å²) in [5.74, 6) is -1.18. The largest absolute Gasteiger partial charge is 0.393 e. The van der Waals surface area contributed by atoms with Crippen molar-refractivity contribution in [3.63, 3.8) is 0 Å². The van der Waals surface area contributed by atoms with E-state index in [0.29, 0.717) is 31.6 Å². The molecule has 2 aromatic rings. The molecular weight excluding hydrogens is 312 g/mol. The molecule has 1 aliphatic rings. The SMILES string of the molecule is O=C(Nc1cccc(-c2cccs2)c1)C(=O)N1CCC(O)CC1. The Morgan fingerprint density at radius 2 is 1.96 bits per heavy atom. The summed E-state index contributed by atoms with van der Waals surface area (Å²) in [5, 5.41) is 14.1. The summed E-state index contributed by atoms with van der Waals surface area (Å²) in [6, 6.07) is 11.4. The van der Waals surface area contributed by atoms with E-state index in [9.17, 15) is 14.7 Å². The van der Waals surface area contributed by atoms with Crippen LogP contribution in [0.5, 0.6) is 0 Å². The second-order valence-electron chi connectivity index (χ2n) is 5.54. The van der Waals surface area contributed by atoms with E-state index < -0.39 is 11.8 Å². The summed E-state index contributed by atoms with van der Waals surface area (Å²) in [4.78, 5) is 26.9. The molecule has 6 heteroatoms. The molecule has 1 aliphatic heterocycles. The third-order valence-corrected chi connectivity index (χ3v) is 4.79. The van der Waals surface area contributed by atoms with Crippen LogP contribution in [0.3, 0.4) is 0 Å². The quantitative estimate of drug-likeness (QED) is 0.831. The van der Waals surface area contributed by atoms with Gasteiger partial charge < -0.3 is 15.3 Å². The Labute approximate surface area is 138 Å². The van der Waals surface area contributed by atoms with Crippen molar-refractivity contribution in [2.24, 2.45) is 0 Å². The van der Waals surface area contributed by atoms with Crippen LogP contribution in [-0.4, -0.2) is 41.0 Å². The summed E-state index contributed by atoms with van der Waals surface area (Å²) in [7, 11) is 0. The van der Waals surface area contributed by atoms with E-state index in [4.69, 9.17) is 0 Å². The van der Waals surface area contributed by atoms with E-state index in [1.165, 1.54) is 4.90 Å². The number of hydrogen-bond acceptors (Lipinski definition) is 4. The minimum atomic E-state index is -0.635. The first kappa shape index (κ1) is 15.7. The molecule has 0 aliphatic carbocycles. The number of aliphatic hydroxyl groups is 1. The Bertz CT molecular complexity index is 692. The van der Waals surface area contributed by atoms with E-state index in [1.54, 1.807) is 17.4 Å². The second kappa shape index (κ2) is 6.93. The first-order valence-electron chi connectivity index (χ1n) is 7.56. The summed E-state index contributed by atoms with van der Waals surface area (Å²) in [6.07, 6.45) is 0.671. The maximum absolute atomic E-state index is 12.2. The predicted octanol–water partition coefficient (Wildman–Crippen LogP) is 2.34. The van der Waals surface area contributed by atoms with Gasteiger partial charge in [-0.15, -0.1) is 11.3 Å². The maximum atomic E-state index is 12.2. The zero-order chi connectivity index (χ0) is 16.2. The zero-order valence-electron chi connectivity index (χ0n) is 12.6. The number of carbonyl (C=O) groups excluding carboxylic acids is 2. The molecule has 1 aromatic heterocycles. The number of nitrogens with one attached hydrogen (secondary N) is 1. The standard InChI is InChI=1S/C17H18N2O3S/c20-14-6-8-19(9-7-14)17(22)16(21)18-13-4-1-3-12(11-13)15-5-2-10-23-15/h1-5,10-11,14,20H,6-9H2,(H,18,21). The van der Waals surface area contributed by atoms with Gasteiger partial charge in [0.15, 0.2) is 0 Å². The van der Waals surface area contributed by atoms with Gasteiger partial charge in [-0.3, -0.25) is 9.59 Å². The number of carbonyl (C=O) groups is 2. The third-order valence-electron chi connectivity index (χ3n) is 3.87. The lowest BCUT2D eigenvalue weighted by atomic mass is 10.1. The second-order valence-corrected chi connectivity index (χ2v) is 6.48. The average molecular weight is 330 g/mol. The van der Waals surface area contributed by atoms with Gasteiger partial charge in [-0.2, -0.15) is 0 Å². The highest BCUT2D eigenvalue weighted by molar-refractivity contribution is 7.13. The predicted molar refractivity (Wildman–Crippen MR) is 90.2 cm³/mol. The molecule has 1 fully saturated rings. The zero-order valence-corrected chi connectivity index (χ0v) is 13.4. The van der Waals surface area contributed by atoms with Crippen molar-refractivity contribution in [2.45, 2.75) is 18.9 Å². The van der Waals surface area contributed by atoms with E-state index in [0.717, 1.165) is 10.4 Å². The Balaban J connectivity index is 1.66. The van der Waals surface area contributed by atoms with Gasteiger partial charge in [-0.1, -0.05) is 18.2 Å². The van der Waals surface area contributed by atoms with Gasteiger partial charge in [0.1, 0.15) is 0 Å². The molecule has 0 unspecified atom stereocenters. The van der Waals surface area contributed by atoms with Crippen molar-refractivity contribution < 1.29 is 14.7 Å². The molecule has 0 radical (unpaired) electrons. The Morgan fingerprint density at radius 3 is 2.65 bits per heavy atom. The lowest BCUT2D eigenvalue weighted by Gasteiger charge is -2.28. The molecular formula is C17H18N2O3S. The highest BCUT2D eigenvalue weighted by Crippen LogP contribution is 2.26. The van der Waals surface area contributed by atoms with Crippen LogP contribution in [0, 0.1) is 0 Å². The molecule has 0 spiro atoms. The molecule has 2 N–H and O–H groups in total. The Hall–Kier alpha value is -2.18. The molecule has 5 nitrogen and oxygen atoms in total. The van der Waals surface area contributed by atoms with Crippen LogP contribution >= 0.6 is 11.3 Å². The number of hydrogen-bond donors (Lipinski definition) is 2. The van der Waals surface area contributed by atoms with Gasteiger partial charge in [0, 0.05) is 23.7 Å². The molecule has 23 heavy (non-hydrogen) atoms. The number of anilines is 1. The monoisotopic (exact) mass is 330 g/mol. The van der Waals surface area contributed by atoms with Crippen molar-refractivity contribution in [3.05, 3.63) is 41.8 Å². The fourth-order valence-corrected chi connectivity index (χ4v) is 3.31. The molecule has 120 valence electrons. The smallest absolute Gasteiger partial charge is 0.313 e. The molecule has 0 atom stereocenters. The summed E-state index contributed by atoms with van der Waals surface area (Å²) >= 11 is 1.62. The lowest BCUT2D eigenvalue weighted by molar-refractivity contribution is -0.144. The molecule has 0 saturated carbocycles. The first-order chi connectivity index (χ1) is 11.1. The number of thiophene rings is 1. The van der Waals surface area contributed by atoms with Crippen molar-refractivity contribution in [2.75, 3.05) is 18.4 Å². The molecule has 1 saturated heterocycles. The summed E-state index contributed by atoms with van der Waals surface area (Å²) in [6.45, 7) is 0.839. The molecule has 2 amide bonds. The van der Waals surface area contributed by atoms with Gasteiger partial charge in [-0.05, 0) is 42.0 Å². The minimum absolute atomic E-state index is 0.371. The van der Waals surface area contributed by atoms with E-state index in [2.05, 4.69) is 5.32 Å². The number of likely N-dealkylation sites (tertiary alicyclic amines) is 1. The third kappa shape index (κ3) is 3.78. The van der Waals surface area contributed by atoms with Crippen LogP contribution in [0.15, 0.2) is 41.8 Å². The highest BCUT2D eigenvalue weighted by Gasteiger charge is 2.26. The van der Waals surface area contributed by atoms with Gasteiger partial charge in [0.25, 0.3) is 0 Å². The van der Waals surface area contributed by atoms with Crippen LogP contribution in [0.1, 0.15) is 12.8 Å². The topological polar surface area (TPSA) is 69.6 Å². The maximum Gasteiger partial charge on any atom is 0.313 e. The van der Waals surface area contributed by atoms with E-state index >= 15 is 0 Å². The minimum Gasteiger partial charge on any atom is -0.393 e. The highest BCUT2D eigenvalue weighted by atomic mass is 32.1. The van der Waals surface area contributed by atoms with Crippen molar-refractivity contribution >= 4 is 28.8 Å². The van der Waals surface area contributed by atoms with E-state index in [1.807, 2.05) is 35.7 Å². The number of nitrogens with zero attached hydrogens (tertiary/aromatic N) is 1. The van der Waals surface area contributed by atoms with Crippen LogP contribution < -0.4 is 5.32 Å². The molecule has 2 heterocycles. The van der Waals surface area contributed by atoms with Gasteiger partial charge in [-0.25, -0.2) is 0 Å². The fourth-order valence-electron chi connectivity index (χ4n) is 2.59. The average Bonchev–Trinajstić information content (AvgIpc) is 3.10. The van der Waals surface area contributed by atoms with Crippen molar-refractivity contribution in [1.82, 2.24) is 4.90 Å². The van der Waals surface area contributed by atoms with Gasteiger partial charge in [0.2, 0.25) is 0 Å². The fraction of sp³-hybridized carbons (Fsp3) is 0.294. The number of benzene rings is 1. The molecule has 0 bridgehead atoms. The lowest BCUT2D eigenvalue weighted by Crippen LogP contribution is -2.45. The summed E-state index contributed by atoms with van der Waals surface area (Å²) in [5.41, 5.74) is 1.61. The number of amides is 2. The number of aliphatic hydroxyl groups excluding tert-OH is 1. The molecule has 1 aromatic carbocycles. The van der Waals surface area contributed by atoms with Gasteiger partial charge in [0.05, 0.1) is 6.10 Å². The molecule has 3 rings (SSSR count). The first-order valence-corrected chi connectivity index (χ1v) is 8.44. The van der Waals surface area contributed by atoms with Crippen LogP contribution in [0.25, 0.3) is 10.4 Å². The van der Waals surface area contributed by atoms with Crippen LogP contribution in [0.2, 0.25) is 0 Å². The van der Waals surface area contributed by atoms with Crippen molar-refractivity contribution in [3.8, 4) is 10.4 Å². The van der Waals surface area contributed by atoms with E-state index in [-0.39, 0.29) is 6.10 Å². The van der Waals surface area contributed by atoms with Crippen LogP contribution in [0.4, 0.5) is 5.69 Å². The number of piperidine rings is 1. The summed E-state index contributed by atoms with van der Waals surface area (Å²) < 4.78 is 0.